The predicted octanol–water partition coefficient (Wildman–Crippen LogP) is 2.93. The highest BCUT2D eigenvalue weighted by Crippen LogP contribution is 2.29. The summed E-state index contributed by atoms with van der Waals surface area (Å²) in [4.78, 5) is 4.63. The van der Waals surface area contributed by atoms with E-state index in [2.05, 4.69) is 23.9 Å². The van der Waals surface area contributed by atoms with Crippen LogP contribution in [0.25, 0.3) is 0 Å². The number of aryl methyl sites for hydroxylation is 1. The quantitative estimate of drug-likeness (QED) is 0.926. The fourth-order valence-electron chi connectivity index (χ4n) is 3.11. The van der Waals surface area contributed by atoms with Gasteiger partial charge in [-0.2, -0.15) is 0 Å². The van der Waals surface area contributed by atoms with Gasteiger partial charge in [0.15, 0.2) is 0 Å². The summed E-state index contributed by atoms with van der Waals surface area (Å²) in [6.45, 7) is 7.07. The largest absolute Gasteiger partial charge is 0.374 e. The maximum absolute atomic E-state index is 13.8. The van der Waals surface area contributed by atoms with E-state index in [1.165, 1.54) is 25.9 Å². The maximum atomic E-state index is 13.8. The molecule has 0 amide bonds. The first-order valence-electron chi connectivity index (χ1n) is 7.83. The number of piperidine rings is 1. The van der Waals surface area contributed by atoms with Crippen LogP contribution in [0.1, 0.15) is 36.9 Å². The lowest BCUT2D eigenvalue weighted by molar-refractivity contribution is 0.222. The van der Waals surface area contributed by atoms with Gasteiger partial charge < -0.3 is 15.5 Å². The number of nitrogens with zero attached hydrogens (tertiary/aromatic N) is 2. The van der Waals surface area contributed by atoms with Gasteiger partial charge in [0, 0.05) is 25.3 Å². The van der Waals surface area contributed by atoms with E-state index in [0.29, 0.717) is 11.5 Å². The average molecular weight is 293 g/mol. The number of likely N-dealkylation sites (tertiary alicyclic amines) is 1. The Morgan fingerprint density at radius 1 is 1.38 bits per heavy atom. The standard InChI is InChI=1S/C17H28FN3/c1-12-9-17(15(13(2)19)10-16(12)18)21(4)11-14-5-7-20(3)8-6-14/h9-10,13-14H,5-8,11,19H2,1-4H3/t13-/m1/s1. The number of halogens is 1. The molecule has 1 heterocycles. The Balaban J connectivity index is 2.14. The van der Waals surface area contributed by atoms with Gasteiger partial charge in [0.25, 0.3) is 0 Å². The third-order valence-electron chi connectivity index (χ3n) is 4.58. The Hall–Kier alpha value is -1.13. The molecule has 0 saturated carbocycles. The highest BCUT2D eigenvalue weighted by atomic mass is 19.1. The van der Waals surface area contributed by atoms with E-state index in [1.807, 2.05) is 19.9 Å². The summed E-state index contributed by atoms with van der Waals surface area (Å²) in [6.07, 6.45) is 2.46. The first-order valence-corrected chi connectivity index (χ1v) is 7.83. The Kier molecular flexibility index (Phi) is 5.22. The van der Waals surface area contributed by atoms with Crippen LogP contribution in [-0.4, -0.2) is 38.6 Å². The average Bonchev–Trinajstić information content (AvgIpc) is 2.43. The molecular formula is C17H28FN3. The van der Waals surface area contributed by atoms with Crippen molar-refractivity contribution in [3.63, 3.8) is 0 Å². The fraction of sp³-hybridized carbons (Fsp3) is 0.647. The van der Waals surface area contributed by atoms with Crippen LogP contribution in [0.5, 0.6) is 0 Å². The van der Waals surface area contributed by atoms with E-state index >= 15 is 0 Å². The molecule has 0 unspecified atom stereocenters. The monoisotopic (exact) mass is 293 g/mol. The number of nitrogens with two attached hydrogens (primary N) is 1. The minimum absolute atomic E-state index is 0.157. The molecule has 1 aliphatic heterocycles. The van der Waals surface area contributed by atoms with E-state index in [4.69, 9.17) is 5.73 Å². The zero-order valence-corrected chi connectivity index (χ0v) is 13.7. The van der Waals surface area contributed by atoms with E-state index in [-0.39, 0.29) is 11.9 Å². The molecule has 21 heavy (non-hydrogen) atoms. The summed E-state index contributed by atoms with van der Waals surface area (Å²) in [5.74, 6) is 0.538. The second kappa shape index (κ2) is 6.75. The number of hydrogen-bond donors (Lipinski definition) is 1. The molecule has 0 radical (unpaired) electrons. The van der Waals surface area contributed by atoms with Crippen molar-refractivity contribution < 1.29 is 4.39 Å². The van der Waals surface area contributed by atoms with Crippen molar-refractivity contribution >= 4 is 5.69 Å². The van der Waals surface area contributed by atoms with Crippen LogP contribution in [-0.2, 0) is 0 Å². The first kappa shape index (κ1) is 16.2. The molecule has 1 aliphatic rings. The van der Waals surface area contributed by atoms with Gasteiger partial charge >= 0.3 is 0 Å². The molecule has 0 aromatic heterocycles. The van der Waals surface area contributed by atoms with Crippen LogP contribution in [0.2, 0.25) is 0 Å². The summed E-state index contributed by atoms with van der Waals surface area (Å²) < 4.78 is 13.8. The highest BCUT2D eigenvalue weighted by molar-refractivity contribution is 5.56. The van der Waals surface area contributed by atoms with Gasteiger partial charge in [-0.15, -0.1) is 0 Å². The van der Waals surface area contributed by atoms with Gasteiger partial charge in [-0.25, -0.2) is 4.39 Å². The molecule has 0 bridgehead atoms. The molecule has 1 aromatic carbocycles. The molecule has 1 atom stereocenters. The van der Waals surface area contributed by atoms with Crippen molar-refractivity contribution in [3.05, 3.63) is 29.1 Å². The van der Waals surface area contributed by atoms with Crippen LogP contribution in [0.15, 0.2) is 12.1 Å². The molecule has 1 fully saturated rings. The zero-order valence-electron chi connectivity index (χ0n) is 13.7. The number of hydrogen-bond acceptors (Lipinski definition) is 3. The van der Waals surface area contributed by atoms with Crippen molar-refractivity contribution in [2.45, 2.75) is 32.7 Å². The van der Waals surface area contributed by atoms with Crippen molar-refractivity contribution in [1.82, 2.24) is 4.90 Å². The molecule has 2 rings (SSSR count). The molecular weight excluding hydrogens is 265 g/mol. The second-order valence-electron chi connectivity index (χ2n) is 6.58. The number of anilines is 1. The lowest BCUT2D eigenvalue weighted by Gasteiger charge is -2.33. The van der Waals surface area contributed by atoms with E-state index in [9.17, 15) is 4.39 Å². The SMILES string of the molecule is Cc1cc(N(C)CC2CCN(C)CC2)c([C@@H](C)N)cc1F. The fourth-order valence-corrected chi connectivity index (χ4v) is 3.11. The van der Waals surface area contributed by atoms with Crippen LogP contribution in [0, 0.1) is 18.7 Å². The summed E-state index contributed by atoms with van der Waals surface area (Å²) >= 11 is 0. The second-order valence-corrected chi connectivity index (χ2v) is 6.58. The lowest BCUT2D eigenvalue weighted by Crippen LogP contribution is -2.36. The van der Waals surface area contributed by atoms with Gasteiger partial charge in [0.1, 0.15) is 5.82 Å². The molecule has 2 N–H and O–H groups in total. The Morgan fingerprint density at radius 3 is 2.57 bits per heavy atom. The number of benzene rings is 1. The smallest absolute Gasteiger partial charge is 0.126 e. The van der Waals surface area contributed by atoms with Gasteiger partial charge in [0.2, 0.25) is 0 Å². The molecule has 1 saturated heterocycles. The summed E-state index contributed by atoms with van der Waals surface area (Å²) in [6, 6.07) is 3.37. The third kappa shape index (κ3) is 3.95. The Labute approximate surface area is 127 Å². The van der Waals surface area contributed by atoms with E-state index < -0.39 is 0 Å². The maximum Gasteiger partial charge on any atom is 0.126 e. The van der Waals surface area contributed by atoms with Gasteiger partial charge in [-0.1, -0.05) is 0 Å². The van der Waals surface area contributed by atoms with Crippen molar-refractivity contribution in [2.75, 3.05) is 38.6 Å². The minimum Gasteiger partial charge on any atom is -0.374 e. The Morgan fingerprint density at radius 2 is 2.00 bits per heavy atom. The summed E-state index contributed by atoms with van der Waals surface area (Å²) in [5, 5.41) is 0. The normalized spacial score (nSPS) is 18.8. The highest BCUT2D eigenvalue weighted by Gasteiger charge is 2.20. The first-order chi connectivity index (χ1) is 9.88. The van der Waals surface area contributed by atoms with Crippen molar-refractivity contribution in [3.8, 4) is 0 Å². The van der Waals surface area contributed by atoms with E-state index in [0.717, 1.165) is 17.8 Å². The minimum atomic E-state index is -0.168. The Bertz CT molecular complexity index is 479. The molecule has 4 heteroatoms. The third-order valence-corrected chi connectivity index (χ3v) is 4.58. The molecule has 118 valence electrons. The topological polar surface area (TPSA) is 32.5 Å². The van der Waals surface area contributed by atoms with E-state index in [1.54, 1.807) is 6.07 Å². The summed E-state index contributed by atoms with van der Waals surface area (Å²) in [7, 11) is 4.27. The number of rotatable bonds is 4. The van der Waals surface area contributed by atoms with Crippen LogP contribution in [0.4, 0.5) is 10.1 Å². The molecule has 3 nitrogen and oxygen atoms in total. The van der Waals surface area contributed by atoms with Gasteiger partial charge in [0.05, 0.1) is 0 Å². The predicted molar refractivity (Wildman–Crippen MR) is 87.2 cm³/mol. The van der Waals surface area contributed by atoms with Crippen LogP contribution in [0.3, 0.4) is 0 Å². The molecule has 0 aliphatic carbocycles. The van der Waals surface area contributed by atoms with Gasteiger partial charge in [-0.3, -0.25) is 0 Å². The van der Waals surface area contributed by atoms with Gasteiger partial charge in [-0.05, 0) is 76.0 Å². The lowest BCUT2D eigenvalue weighted by atomic mass is 9.95. The molecule has 0 spiro atoms. The zero-order chi connectivity index (χ0) is 15.6. The van der Waals surface area contributed by atoms with Crippen molar-refractivity contribution in [1.29, 1.82) is 0 Å². The molecule has 1 aromatic rings. The van der Waals surface area contributed by atoms with Crippen molar-refractivity contribution in [2.24, 2.45) is 11.7 Å². The van der Waals surface area contributed by atoms with Crippen LogP contribution < -0.4 is 10.6 Å². The summed E-state index contributed by atoms with van der Waals surface area (Å²) in [5.41, 5.74) is 8.68. The van der Waals surface area contributed by atoms with Crippen LogP contribution >= 0.6 is 0 Å².